The van der Waals surface area contributed by atoms with Crippen LogP contribution < -0.4 is 0 Å². The molecule has 3 atom stereocenters. The highest BCUT2D eigenvalue weighted by molar-refractivity contribution is 14.1. The fraction of sp³-hybridized carbons (Fsp3) is 0.538. The van der Waals surface area contributed by atoms with Crippen LogP contribution in [0.4, 0.5) is 0 Å². The average Bonchev–Trinajstić information content (AvgIpc) is 2.73. The molecular weight excluding hydrogens is 315 g/mol. The molecular formula is C13H17IO2. The molecule has 1 aromatic carbocycles. The maximum atomic E-state index is 6.13. The Morgan fingerprint density at radius 1 is 1.38 bits per heavy atom. The lowest BCUT2D eigenvalue weighted by Gasteiger charge is -2.22. The number of ether oxygens (including phenoxy) is 2. The van der Waals surface area contributed by atoms with Crippen molar-refractivity contribution in [2.45, 2.75) is 19.1 Å². The molecule has 0 N–H and O–H groups in total. The Balaban J connectivity index is 2.00. The van der Waals surface area contributed by atoms with Gasteiger partial charge >= 0.3 is 0 Å². The van der Waals surface area contributed by atoms with Gasteiger partial charge in [-0.05, 0) is 5.56 Å². The smallest absolute Gasteiger partial charge is 0.0919 e. The van der Waals surface area contributed by atoms with Gasteiger partial charge < -0.3 is 9.47 Å². The molecule has 0 radical (unpaired) electrons. The van der Waals surface area contributed by atoms with Gasteiger partial charge in [-0.15, -0.1) is 0 Å². The molecule has 88 valence electrons. The van der Waals surface area contributed by atoms with Crippen molar-refractivity contribution in [1.82, 2.24) is 0 Å². The van der Waals surface area contributed by atoms with Crippen LogP contribution in [0.15, 0.2) is 30.3 Å². The summed E-state index contributed by atoms with van der Waals surface area (Å²) in [6, 6.07) is 10.4. The number of rotatable bonds is 4. The predicted molar refractivity (Wildman–Crippen MR) is 72.9 cm³/mol. The Morgan fingerprint density at radius 2 is 2.12 bits per heavy atom. The fourth-order valence-electron chi connectivity index (χ4n) is 1.90. The first-order valence-electron chi connectivity index (χ1n) is 5.65. The Morgan fingerprint density at radius 3 is 2.69 bits per heavy atom. The fourth-order valence-corrected chi connectivity index (χ4v) is 2.61. The molecule has 3 heteroatoms. The summed E-state index contributed by atoms with van der Waals surface area (Å²) in [5, 5.41) is 0. The van der Waals surface area contributed by atoms with Gasteiger partial charge in [-0.25, -0.2) is 0 Å². The zero-order chi connectivity index (χ0) is 11.4. The number of hydrogen-bond acceptors (Lipinski definition) is 2. The van der Waals surface area contributed by atoms with Crippen molar-refractivity contribution in [3.63, 3.8) is 0 Å². The van der Waals surface area contributed by atoms with E-state index in [2.05, 4.69) is 53.8 Å². The molecule has 0 amide bonds. The third kappa shape index (κ3) is 2.96. The van der Waals surface area contributed by atoms with Crippen molar-refractivity contribution in [2.24, 2.45) is 5.92 Å². The Kier molecular flexibility index (Phi) is 4.61. The average molecular weight is 332 g/mol. The molecule has 0 saturated carbocycles. The Hall–Kier alpha value is -0.130. The van der Waals surface area contributed by atoms with Gasteiger partial charge in [0.05, 0.1) is 25.4 Å². The van der Waals surface area contributed by atoms with Crippen LogP contribution in [-0.2, 0) is 9.47 Å². The van der Waals surface area contributed by atoms with E-state index in [0.717, 1.165) is 17.6 Å². The first-order valence-corrected chi connectivity index (χ1v) is 7.18. The van der Waals surface area contributed by atoms with Crippen LogP contribution >= 0.6 is 22.6 Å². The maximum Gasteiger partial charge on any atom is 0.0919 e. The van der Waals surface area contributed by atoms with Crippen molar-refractivity contribution in [1.29, 1.82) is 0 Å². The highest BCUT2D eigenvalue weighted by Crippen LogP contribution is 2.26. The first-order chi connectivity index (χ1) is 7.81. The molecule has 1 saturated heterocycles. The minimum Gasteiger partial charge on any atom is -0.378 e. The first kappa shape index (κ1) is 12.3. The van der Waals surface area contributed by atoms with Crippen LogP contribution in [0, 0.1) is 5.92 Å². The standard InChI is InChI=1S/C13H17IO2/c1-10-8-15-9-13(10)16-12(7-14)11-5-3-2-4-6-11/h2-6,10,12-13H,7-9H2,1H3. The summed E-state index contributed by atoms with van der Waals surface area (Å²) in [5.74, 6) is 0.508. The van der Waals surface area contributed by atoms with E-state index in [1.165, 1.54) is 5.56 Å². The number of benzene rings is 1. The lowest BCUT2D eigenvalue weighted by molar-refractivity contribution is -0.0175. The zero-order valence-corrected chi connectivity index (χ0v) is 11.6. The minimum absolute atomic E-state index is 0.191. The molecule has 16 heavy (non-hydrogen) atoms. The van der Waals surface area contributed by atoms with Crippen LogP contribution in [0.1, 0.15) is 18.6 Å². The van der Waals surface area contributed by atoms with Crippen LogP contribution in [0.5, 0.6) is 0 Å². The summed E-state index contributed by atoms with van der Waals surface area (Å²) in [5.41, 5.74) is 1.26. The summed E-state index contributed by atoms with van der Waals surface area (Å²) in [6.07, 6.45) is 0.441. The molecule has 2 nitrogen and oxygen atoms in total. The number of alkyl halides is 1. The molecule has 1 aliphatic heterocycles. The van der Waals surface area contributed by atoms with Crippen molar-refractivity contribution in [3.05, 3.63) is 35.9 Å². The van der Waals surface area contributed by atoms with Gasteiger partial charge in [0.25, 0.3) is 0 Å². The van der Waals surface area contributed by atoms with Crippen LogP contribution in [0.25, 0.3) is 0 Å². The second-order valence-electron chi connectivity index (χ2n) is 4.24. The third-order valence-corrected chi connectivity index (χ3v) is 3.75. The Bertz CT molecular complexity index is 315. The molecule has 3 unspecified atom stereocenters. The largest absolute Gasteiger partial charge is 0.378 e. The molecule has 1 aromatic rings. The predicted octanol–water partition coefficient (Wildman–Crippen LogP) is 3.21. The highest BCUT2D eigenvalue weighted by atomic mass is 127. The molecule has 0 bridgehead atoms. The second kappa shape index (κ2) is 5.98. The van der Waals surface area contributed by atoms with Crippen molar-refractivity contribution < 1.29 is 9.47 Å². The molecule has 1 fully saturated rings. The highest BCUT2D eigenvalue weighted by Gasteiger charge is 2.27. The van der Waals surface area contributed by atoms with Gasteiger partial charge in [0, 0.05) is 10.3 Å². The molecule has 0 aliphatic carbocycles. The van der Waals surface area contributed by atoms with Gasteiger partial charge in [-0.2, -0.15) is 0 Å². The van der Waals surface area contributed by atoms with Gasteiger partial charge in [-0.3, -0.25) is 0 Å². The quantitative estimate of drug-likeness (QED) is 0.623. The van der Waals surface area contributed by atoms with Gasteiger partial charge in [-0.1, -0.05) is 59.8 Å². The van der Waals surface area contributed by atoms with E-state index >= 15 is 0 Å². The summed E-state index contributed by atoms with van der Waals surface area (Å²) < 4.78 is 12.5. The summed E-state index contributed by atoms with van der Waals surface area (Å²) in [7, 11) is 0. The molecule has 0 spiro atoms. The van der Waals surface area contributed by atoms with Gasteiger partial charge in [0.15, 0.2) is 0 Å². The van der Waals surface area contributed by atoms with Crippen LogP contribution in [0.3, 0.4) is 0 Å². The topological polar surface area (TPSA) is 18.5 Å². The lowest BCUT2D eigenvalue weighted by atomic mass is 10.1. The molecule has 1 aliphatic rings. The minimum atomic E-state index is 0.191. The Labute approximate surface area is 110 Å². The van der Waals surface area contributed by atoms with E-state index in [1.807, 2.05) is 6.07 Å². The SMILES string of the molecule is CC1COCC1OC(CI)c1ccccc1. The van der Waals surface area contributed by atoms with E-state index in [4.69, 9.17) is 9.47 Å². The summed E-state index contributed by atoms with van der Waals surface area (Å²) in [6.45, 7) is 3.75. The van der Waals surface area contributed by atoms with Gasteiger partial charge in [0.1, 0.15) is 0 Å². The lowest BCUT2D eigenvalue weighted by Crippen LogP contribution is -2.23. The van der Waals surface area contributed by atoms with Crippen LogP contribution in [-0.4, -0.2) is 23.7 Å². The molecule has 1 heterocycles. The molecule has 2 rings (SSSR count). The monoisotopic (exact) mass is 332 g/mol. The van der Waals surface area contributed by atoms with Crippen molar-refractivity contribution >= 4 is 22.6 Å². The van der Waals surface area contributed by atoms with E-state index in [9.17, 15) is 0 Å². The van der Waals surface area contributed by atoms with E-state index in [-0.39, 0.29) is 12.2 Å². The summed E-state index contributed by atoms with van der Waals surface area (Å²) in [4.78, 5) is 0. The second-order valence-corrected chi connectivity index (χ2v) is 5.12. The van der Waals surface area contributed by atoms with E-state index < -0.39 is 0 Å². The van der Waals surface area contributed by atoms with Gasteiger partial charge in [0.2, 0.25) is 0 Å². The number of halogens is 1. The zero-order valence-electron chi connectivity index (χ0n) is 9.43. The maximum absolute atomic E-state index is 6.13. The van der Waals surface area contributed by atoms with Crippen molar-refractivity contribution in [2.75, 3.05) is 17.6 Å². The summed E-state index contributed by atoms with van der Waals surface area (Å²) >= 11 is 2.38. The molecule has 0 aromatic heterocycles. The van der Waals surface area contributed by atoms with Crippen LogP contribution in [0.2, 0.25) is 0 Å². The van der Waals surface area contributed by atoms with E-state index in [0.29, 0.717) is 5.92 Å². The van der Waals surface area contributed by atoms with Crippen molar-refractivity contribution in [3.8, 4) is 0 Å². The normalized spacial score (nSPS) is 26.9. The number of hydrogen-bond donors (Lipinski definition) is 0. The van der Waals surface area contributed by atoms with E-state index in [1.54, 1.807) is 0 Å². The third-order valence-electron chi connectivity index (χ3n) is 2.95.